The number of benzene rings is 1. The highest BCUT2D eigenvalue weighted by molar-refractivity contribution is 7.99. The summed E-state index contributed by atoms with van der Waals surface area (Å²) in [5.41, 5.74) is 0.651. The van der Waals surface area contributed by atoms with E-state index in [0.717, 1.165) is 42.5 Å². The molecule has 0 atom stereocenters. The van der Waals surface area contributed by atoms with Gasteiger partial charge in [0.25, 0.3) is 5.56 Å². The van der Waals surface area contributed by atoms with Crippen LogP contribution in [0, 0.1) is 29.1 Å². The van der Waals surface area contributed by atoms with Gasteiger partial charge in [-0.1, -0.05) is 37.7 Å². The maximum absolute atomic E-state index is 13.4. The Morgan fingerprint density at radius 1 is 1.14 bits per heavy atom. The summed E-state index contributed by atoms with van der Waals surface area (Å²) >= 11 is 1.48. The van der Waals surface area contributed by atoms with Gasteiger partial charge in [-0.3, -0.25) is 14.2 Å². The average Bonchev–Trinajstić information content (AvgIpc) is 2.67. The van der Waals surface area contributed by atoms with Crippen LogP contribution in [0.5, 0.6) is 0 Å². The summed E-state index contributed by atoms with van der Waals surface area (Å²) < 4.78 is 1.78. The van der Waals surface area contributed by atoms with Crippen molar-refractivity contribution in [2.24, 2.45) is 29.1 Å². The number of aromatic nitrogens is 2. The number of hydrogen-bond donors (Lipinski definition) is 0. The lowest BCUT2D eigenvalue weighted by Gasteiger charge is -2.56. The van der Waals surface area contributed by atoms with E-state index in [-0.39, 0.29) is 11.0 Å². The molecule has 4 aliphatic carbocycles. The highest BCUT2D eigenvalue weighted by Crippen LogP contribution is 2.60. The number of para-hydroxylation sites is 1. The highest BCUT2D eigenvalue weighted by atomic mass is 32.2. The first-order valence-electron chi connectivity index (χ1n) is 11.1. The number of carbonyl (C=O) groups excluding carboxylic acids is 1. The van der Waals surface area contributed by atoms with Crippen LogP contribution < -0.4 is 5.56 Å². The van der Waals surface area contributed by atoms with Crippen LogP contribution in [0.2, 0.25) is 0 Å². The molecule has 6 rings (SSSR count). The van der Waals surface area contributed by atoms with Gasteiger partial charge in [0.15, 0.2) is 5.16 Å². The number of fused-ring (bicyclic) bond motifs is 1. The van der Waals surface area contributed by atoms with Crippen molar-refractivity contribution in [3.8, 4) is 0 Å². The molecular weight excluding hydrogens is 380 g/mol. The van der Waals surface area contributed by atoms with Crippen LogP contribution in [0.25, 0.3) is 10.9 Å². The Morgan fingerprint density at radius 2 is 1.76 bits per heavy atom. The number of thioether (sulfide) groups is 1. The molecule has 4 aliphatic rings. The van der Waals surface area contributed by atoms with Gasteiger partial charge in [-0.05, 0) is 74.3 Å². The van der Waals surface area contributed by atoms with Crippen molar-refractivity contribution in [1.82, 2.24) is 9.55 Å². The monoisotopic (exact) mass is 410 g/mol. The van der Waals surface area contributed by atoms with E-state index in [1.54, 1.807) is 4.57 Å². The van der Waals surface area contributed by atoms with Crippen molar-refractivity contribution in [3.63, 3.8) is 0 Å². The molecule has 4 fully saturated rings. The smallest absolute Gasteiger partial charge is 0.262 e. The van der Waals surface area contributed by atoms with Crippen LogP contribution in [-0.4, -0.2) is 21.1 Å². The predicted octanol–water partition coefficient (Wildman–Crippen LogP) is 4.93. The predicted molar refractivity (Wildman–Crippen MR) is 117 cm³/mol. The number of hydrogen-bond acceptors (Lipinski definition) is 4. The fourth-order valence-electron chi connectivity index (χ4n) is 6.52. The van der Waals surface area contributed by atoms with Crippen molar-refractivity contribution >= 4 is 28.4 Å². The summed E-state index contributed by atoms with van der Waals surface area (Å²) in [6, 6.07) is 7.53. The summed E-state index contributed by atoms with van der Waals surface area (Å²) in [5.74, 6) is 3.50. The number of nitrogens with zero attached hydrogens (tertiary/aromatic N) is 2. The summed E-state index contributed by atoms with van der Waals surface area (Å²) in [6.07, 6.45) is 7.34. The normalized spacial score (nSPS) is 30.4. The van der Waals surface area contributed by atoms with Gasteiger partial charge in [0.1, 0.15) is 5.78 Å². The Morgan fingerprint density at radius 3 is 2.38 bits per heavy atom. The lowest BCUT2D eigenvalue weighted by molar-refractivity contribution is -0.141. The topological polar surface area (TPSA) is 52.0 Å². The van der Waals surface area contributed by atoms with Gasteiger partial charge in [-0.15, -0.1) is 0 Å². The van der Waals surface area contributed by atoms with Gasteiger partial charge in [0, 0.05) is 12.0 Å². The fraction of sp³-hybridized carbons (Fsp3) is 0.625. The minimum Gasteiger partial charge on any atom is -0.298 e. The Labute approximate surface area is 176 Å². The van der Waals surface area contributed by atoms with Crippen molar-refractivity contribution in [3.05, 3.63) is 34.6 Å². The quantitative estimate of drug-likeness (QED) is 0.500. The zero-order valence-electron chi connectivity index (χ0n) is 17.4. The number of rotatable bonds is 6. The largest absolute Gasteiger partial charge is 0.298 e. The summed E-state index contributed by atoms with van der Waals surface area (Å²) in [4.78, 5) is 31.3. The molecule has 0 amide bonds. The molecule has 0 saturated heterocycles. The summed E-state index contributed by atoms with van der Waals surface area (Å²) in [5, 5.41) is 1.35. The Bertz CT molecular complexity index is 974. The Kier molecular flexibility index (Phi) is 4.84. The third-order valence-electron chi connectivity index (χ3n) is 7.34. The molecule has 4 bridgehead atoms. The van der Waals surface area contributed by atoms with Crippen LogP contribution in [0.1, 0.15) is 52.4 Å². The third-order valence-corrected chi connectivity index (χ3v) is 8.31. The lowest BCUT2D eigenvalue weighted by Crippen LogP contribution is -2.50. The standard InChI is InChI=1S/C24H30N2O2S/c1-15(2)13-26-22(28)19-5-3-4-6-20(19)25-23(26)29-14-21(27)24-10-16-7-17(11-24)9-18(8-16)12-24/h3-6,15-18H,7-14H2,1-2H3. The van der Waals surface area contributed by atoms with Crippen LogP contribution in [0.4, 0.5) is 0 Å². The summed E-state index contributed by atoms with van der Waals surface area (Å²) in [7, 11) is 0. The van der Waals surface area contributed by atoms with Crippen molar-refractivity contribution < 1.29 is 4.79 Å². The minimum atomic E-state index is -0.0816. The van der Waals surface area contributed by atoms with Crippen LogP contribution in [0.15, 0.2) is 34.2 Å². The van der Waals surface area contributed by atoms with E-state index in [1.807, 2.05) is 24.3 Å². The molecule has 1 aromatic heterocycles. The molecule has 154 valence electrons. The zero-order valence-corrected chi connectivity index (χ0v) is 18.2. The van der Waals surface area contributed by atoms with Crippen molar-refractivity contribution in [1.29, 1.82) is 0 Å². The van der Waals surface area contributed by atoms with E-state index in [4.69, 9.17) is 4.98 Å². The molecule has 1 aromatic carbocycles. The minimum absolute atomic E-state index is 0.00838. The van der Waals surface area contributed by atoms with Gasteiger partial charge >= 0.3 is 0 Å². The molecule has 0 spiro atoms. The first kappa shape index (κ1) is 19.3. The molecule has 1 heterocycles. The van der Waals surface area contributed by atoms with E-state index in [1.165, 1.54) is 31.0 Å². The second kappa shape index (κ2) is 7.26. The SMILES string of the molecule is CC(C)Cn1c(SCC(=O)C23CC4CC(CC(C4)C2)C3)nc2ccccc2c1=O. The molecular formula is C24H30N2O2S. The second-order valence-electron chi connectivity index (χ2n) is 10.1. The van der Waals surface area contributed by atoms with Gasteiger partial charge < -0.3 is 0 Å². The van der Waals surface area contributed by atoms with E-state index < -0.39 is 0 Å². The van der Waals surface area contributed by atoms with E-state index in [0.29, 0.717) is 34.5 Å². The number of ketones is 1. The van der Waals surface area contributed by atoms with Crippen LogP contribution >= 0.6 is 11.8 Å². The number of carbonyl (C=O) groups is 1. The zero-order chi connectivity index (χ0) is 20.2. The molecule has 0 N–H and O–H groups in total. The molecule has 5 heteroatoms. The molecule has 2 aromatic rings. The van der Waals surface area contributed by atoms with Crippen molar-refractivity contribution in [2.75, 3.05) is 5.75 Å². The highest BCUT2D eigenvalue weighted by Gasteiger charge is 2.54. The Balaban J connectivity index is 1.41. The first-order valence-corrected chi connectivity index (χ1v) is 12.1. The second-order valence-corrected chi connectivity index (χ2v) is 11.1. The van der Waals surface area contributed by atoms with Gasteiger partial charge in [0.05, 0.1) is 16.7 Å². The van der Waals surface area contributed by atoms with Crippen LogP contribution in [-0.2, 0) is 11.3 Å². The van der Waals surface area contributed by atoms with Crippen LogP contribution in [0.3, 0.4) is 0 Å². The van der Waals surface area contributed by atoms with E-state index >= 15 is 0 Å². The number of Topliss-reactive ketones (excluding diaryl/α,β-unsaturated/α-hetero) is 1. The third kappa shape index (κ3) is 3.45. The van der Waals surface area contributed by atoms with Crippen molar-refractivity contribution in [2.45, 2.75) is 64.1 Å². The fourth-order valence-corrected chi connectivity index (χ4v) is 7.56. The molecule has 0 radical (unpaired) electrons. The maximum Gasteiger partial charge on any atom is 0.262 e. The molecule has 0 aliphatic heterocycles. The first-order chi connectivity index (χ1) is 13.9. The molecule has 29 heavy (non-hydrogen) atoms. The van der Waals surface area contributed by atoms with Gasteiger partial charge in [0.2, 0.25) is 0 Å². The Hall–Kier alpha value is -1.62. The van der Waals surface area contributed by atoms with Gasteiger partial charge in [-0.2, -0.15) is 0 Å². The van der Waals surface area contributed by atoms with E-state index in [9.17, 15) is 9.59 Å². The molecule has 4 saturated carbocycles. The van der Waals surface area contributed by atoms with E-state index in [2.05, 4.69) is 13.8 Å². The molecule has 4 nitrogen and oxygen atoms in total. The van der Waals surface area contributed by atoms with Gasteiger partial charge in [-0.25, -0.2) is 4.98 Å². The average molecular weight is 411 g/mol. The summed E-state index contributed by atoms with van der Waals surface area (Å²) in [6.45, 7) is 4.85. The maximum atomic E-state index is 13.4. The lowest BCUT2D eigenvalue weighted by atomic mass is 9.48. The molecule has 0 unspecified atom stereocenters.